The molecular formula is C20H16FNO. The van der Waals surface area contributed by atoms with Gasteiger partial charge >= 0.3 is 0 Å². The number of fused-ring (bicyclic) bond motifs is 1. The molecule has 114 valence electrons. The second-order valence-electron chi connectivity index (χ2n) is 5.59. The van der Waals surface area contributed by atoms with Crippen molar-refractivity contribution in [1.82, 2.24) is 4.98 Å². The van der Waals surface area contributed by atoms with Gasteiger partial charge in [-0.1, -0.05) is 24.1 Å². The summed E-state index contributed by atoms with van der Waals surface area (Å²) in [7, 11) is 0. The van der Waals surface area contributed by atoms with Crippen LogP contribution in [0.25, 0.3) is 22.2 Å². The standard InChI is InChI=1S/C20H16FNO/c1-3-16(23)12-14-5-8-19-15(11-14)6-9-20(22-19)17-7-4-13(2)10-18(17)21/h1,4-11,16,23H,12H2,2H3. The third-order valence-corrected chi connectivity index (χ3v) is 3.78. The molecule has 0 saturated heterocycles. The summed E-state index contributed by atoms with van der Waals surface area (Å²) in [5, 5.41) is 10.5. The molecule has 2 aromatic carbocycles. The van der Waals surface area contributed by atoms with Crippen LogP contribution >= 0.6 is 0 Å². The quantitative estimate of drug-likeness (QED) is 0.745. The summed E-state index contributed by atoms with van der Waals surface area (Å²) in [4.78, 5) is 4.53. The molecular weight excluding hydrogens is 289 g/mol. The van der Waals surface area contributed by atoms with Crippen molar-refractivity contribution in [1.29, 1.82) is 0 Å². The van der Waals surface area contributed by atoms with Gasteiger partial charge in [0, 0.05) is 17.4 Å². The van der Waals surface area contributed by atoms with Crippen LogP contribution < -0.4 is 0 Å². The van der Waals surface area contributed by atoms with Crippen LogP contribution in [-0.4, -0.2) is 16.2 Å². The van der Waals surface area contributed by atoms with Crippen LogP contribution in [0.4, 0.5) is 4.39 Å². The van der Waals surface area contributed by atoms with E-state index in [1.807, 2.05) is 37.3 Å². The Morgan fingerprint density at radius 1 is 1.17 bits per heavy atom. The molecule has 1 heterocycles. The van der Waals surface area contributed by atoms with E-state index in [-0.39, 0.29) is 5.82 Å². The highest BCUT2D eigenvalue weighted by Gasteiger charge is 2.08. The second-order valence-corrected chi connectivity index (χ2v) is 5.59. The fourth-order valence-corrected chi connectivity index (χ4v) is 2.56. The average molecular weight is 305 g/mol. The summed E-state index contributed by atoms with van der Waals surface area (Å²) >= 11 is 0. The molecule has 0 amide bonds. The van der Waals surface area contributed by atoms with Gasteiger partial charge in [0.05, 0.1) is 11.2 Å². The summed E-state index contributed by atoms with van der Waals surface area (Å²) < 4.78 is 14.1. The lowest BCUT2D eigenvalue weighted by atomic mass is 10.0. The van der Waals surface area contributed by atoms with Crippen LogP contribution in [0, 0.1) is 25.1 Å². The molecule has 23 heavy (non-hydrogen) atoms. The molecule has 1 N–H and O–H groups in total. The third kappa shape index (κ3) is 3.23. The van der Waals surface area contributed by atoms with Gasteiger partial charge in [-0.25, -0.2) is 9.37 Å². The number of halogens is 1. The Kier molecular flexibility index (Phi) is 4.10. The van der Waals surface area contributed by atoms with Gasteiger partial charge in [-0.15, -0.1) is 6.42 Å². The maximum atomic E-state index is 14.1. The number of hydrogen-bond acceptors (Lipinski definition) is 2. The number of hydrogen-bond donors (Lipinski definition) is 1. The van der Waals surface area contributed by atoms with E-state index in [4.69, 9.17) is 6.42 Å². The number of rotatable bonds is 3. The van der Waals surface area contributed by atoms with E-state index < -0.39 is 6.10 Å². The van der Waals surface area contributed by atoms with Crippen LogP contribution in [0.1, 0.15) is 11.1 Å². The highest BCUT2D eigenvalue weighted by Crippen LogP contribution is 2.25. The molecule has 0 bridgehead atoms. The van der Waals surface area contributed by atoms with Crippen molar-refractivity contribution >= 4 is 10.9 Å². The smallest absolute Gasteiger partial charge is 0.132 e. The summed E-state index contributed by atoms with van der Waals surface area (Å²) in [6.45, 7) is 1.85. The van der Waals surface area contributed by atoms with Gasteiger partial charge < -0.3 is 5.11 Å². The molecule has 1 atom stereocenters. The second kappa shape index (κ2) is 6.20. The largest absolute Gasteiger partial charge is 0.380 e. The van der Waals surface area contributed by atoms with Crippen molar-refractivity contribution in [2.24, 2.45) is 0 Å². The van der Waals surface area contributed by atoms with E-state index in [0.29, 0.717) is 17.7 Å². The van der Waals surface area contributed by atoms with Gasteiger partial charge in [0.2, 0.25) is 0 Å². The zero-order valence-electron chi connectivity index (χ0n) is 12.8. The van der Waals surface area contributed by atoms with E-state index in [1.54, 1.807) is 12.1 Å². The van der Waals surface area contributed by atoms with E-state index in [2.05, 4.69) is 10.9 Å². The lowest BCUT2D eigenvalue weighted by molar-refractivity contribution is 0.233. The number of aryl methyl sites for hydroxylation is 1. The Labute approximate surface area is 134 Å². The normalized spacial score (nSPS) is 12.1. The molecule has 3 aromatic rings. The fourth-order valence-electron chi connectivity index (χ4n) is 2.56. The SMILES string of the molecule is C#CC(O)Cc1ccc2nc(-c3ccc(C)cc3F)ccc2c1. The van der Waals surface area contributed by atoms with E-state index >= 15 is 0 Å². The van der Waals surface area contributed by atoms with Crippen LogP contribution in [0.3, 0.4) is 0 Å². The maximum absolute atomic E-state index is 14.1. The molecule has 0 aliphatic heterocycles. The number of pyridine rings is 1. The van der Waals surface area contributed by atoms with Gasteiger partial charge in [0.15, 0.2) is 0 Å². The molecule has 2 nitrogen and oxygen atoms in total. The number of nitrogens with zero attached hydrogens (tertiary/aromatic N) is 1. The first kappa shape index (κ1) is 15.2. The minimum atomic E-state index is -0.790. The van der Waals surface area contributed by atoms with Gasteiger partial charge in [0.25, 0.3) is 0 Å². The molecule has 0 saturated carbocycles. The summed E-state index contributed by atoms with van der Waals surface area (Å²) in [6, 6.07) is 14.5. The summed E-state index contributed by atoms with van der Waals surface area (Å²) in [5.41, 5.74) is 3.69. The van der Waals surface area contributed by atoms with Gasteiger partial charge in [0.1, 0.15) is 11.9 Å². The van der Waals surface area contributed by atoms with E-state index in [1.165, 1.54) is 6.07 Å². The minimum absolute atomic E-state index is 0.273. The van der Waals surface area contributed by atoms with E-state index in [0.717, 1.165) is 22.0 Å². The summed E-state index contributed by atoms with van der Waals surface area (Å²) in [5.74, 6) is 2.03. The lowest BCUT2D eigenvalue weighted by Crippen LogP contribution is -2.06. The molecule has 1 aromatic heterocycles. The Hall–Kier alpha value is -2.70. The molecule has 0 spiro atoms. The Morgan fingerprint density at radius 2 is 2.00 bits per heavy atom. The van der Waals surface area contributed by atoms with Gasteiger partial charge in [-0.05, 0) is 48.4 Å². The Bertz CT molecular complexity index is 911. The number of aliphatic hydroxyl groups excluding tert-OH is 1. The first-order valence-electron chi connectivity index (χ1n) is 7.37. The molecule has 0 radical (unpaired) electrons. The van der Waals surface area contributed by atoms with Crippen molar-refractivity contribution in [2.75, 3.05) is 0 Å². The monoisotopic (exact) mass is 305 g/mol. The van der Waals surface area contributed by atoms with Gasteiger partial charge in [-0.2, -0.15) is 0 Å². The van der Waals surface area contributed by atoms with Crippen molar-refractivity contribution in [2.45, 2.75) is 19.4 Å². The molecule has 3 rings (SSSR count). The maximum Gasteiger partial charge on any atom is 0.132 e. The topological polar surface area (TPSA) is 33.1 Å². The highest BCUT2D eigenvalue weighted by atomic mass is 19.1. The average Bonchev–Trinajstić information content (AvgIpc) is 2.54. The number of aromatic nitrogens is 1. The van der Waals surface area contributed by atoms with Crippen LogP contribution in [-0.2, 0) is 6.42 Å². The Morgan fingerprint density at radius 3 is 2.74 bits per heavy atom. The minimum Gasteiger partial charge on any atom is -0.380 e. The molecule has 0 fully saturated rings. The molecule has 3 heteroatoms. The van der Waals surface area contributed by atoms with Gasteiger partial charge in [-0.3, -0.25) is 0 Å². The first-order chi connectivity index (χ1) is 11.1. The molecule has 0 aliphatic rings. The molecule has 1 unspecified atom stereocenters. The third-order valence-electron chi connectivity index (χ3n) is 3.78. The van der Waals surface area contributed by atoms with Crippen molar-refractivity contribution in [3.8, 4) is 23.6 Å². The van der Waals surface area contributed by atoms with Crippen molar-refractivity contribution in [3.63, 3.8) is 0 Å². The summed E-state index contributed by atoms with van der Waals surface area (Å²) in [6.07, 6.45) is 4.81. The number of terminal acetylenes is 1. The predicted molar refractivity (Wildman–Crippen MR) is 90.4 cm³/mol. The lowest BCUT2D eigenvalue weighted by Gasteiger charge is -2.08. The predicted octanol–water partition coefficient (Wildman–Crippen LogP) is 3.89. The Balaban J connectivity index is 2.00. The fraction of sp³-hybridized carbons (Fsp3) is 0.150. The highest BCUT2D eigenvalue weighted by molar-refractivity contribution is 5.82. The number of benzene rings is 2. The van der Waals surface area contributed by atoms with Crippen LogP contribution in [0.2, 0.25) is 0 Å². The first-order valence-corrected chi connectivity index (χ1v) is 7.37. The van der Waals surface area contributed by atoms with Crippen molar-refractivity contribution < 1.29 is 9.50 Å². The van der Waals surface area contributed by atoms with E-state index in [9.17, 15) is 9.50 Å². The van der Waals surface area contributed by atoms with Crippen molar-refractivity contribution in [3.05, 3.63) is 65.5 Å². The number of aliphatic hydroxyl groups is 1. The van der Waals surface area contributed by atoms with Crippen LogP contribution in [0.5, 0.6) is 0 Å². The van der Waals surface area contributed by atoms with Crippen LogP contribution in [0.15, 0.2) is 48.5 Å². The zero-order valence-corrected chi connectivity index (χ0v) is 12.8. The zero-order chi connectivity index (χ0) is 16.4. The molecule has 0 aliphatic carbocycles.